The Bertz CT molecular complexity index is 2730. The highest BCUT2D eigenvalue weighted by Gasteiger charge is 2.48. The quantitative estimate of drug-likeness (QED) is 0.0182. The third-order valence-electron chi connectivity index (χ3n) is 15.2. The Kier molecular flexibility index (Phi) is 30.7. The van der Waals surface area contributed by atoms with E-state index in [0.717, 1.165) is 33.5 Å². The van der Waals surface area contributed by atoms with Crippen LogP contribution in [0.5, 0.6) is 0 Å². The molecule has 0 aromatic heterocycles. The molecule has 12 N–H and O–H groups in total. The third kappa shape index (κ3) is 21.4. The molecule has 1 aromatic carbocycles. The lowest BCUT2D eigenvalue weighted by atomic mass is 9.90. The first-order valence-electron chi connectivity index (χ1n) is 29.4. The van der Waals surface area contributed by atoms with Crippen molar-refractivity contribution in [2.75, 3.05) is 58.9 Å². The number of imide groups is 2. The maximum absolute atomic E-state index is 14.3. The van der Waals surface area contributed by atoms with Gasteiger partial charge >= 0.3 is 18.1 Å². The van der Waals surface area contributed by atoms with Crippen LogP contribution in [0.15, 0.2) is 24.3 Å². The van der Waals surface area contributed by atoms with Crippen LogP contribution in [0.2, 0.25) is 0 Å². The van der Waals surface area contributed by atoms with Crippen LogP contribution in [-0.4, -0.2) is 220 Å². The van der Waals surface area contributed by atoms with Gasteiger partial charge in [-0.2, -0.15) is 0 Å². The van der Waals surface area contributed by atoms with Gasteiger partial charge in [0.25, 0.3) is 11.8 Å². The zero-order chi connectivity index (χ0) is 68.2. The van der Waals surface area contributed by atoms with E-state index in [4.69, 9.17) is 25.8 Å². The van der Waals surface area contributed by atoms with Gasteiger partial charge in [0.1, 0.15) is 49.6 Å². The normalized spacial score (nSPS) is 18.2. The van der Waals surface area contributed by atoms with E-state index in [1.54, 1.807) is 86.7 Å². The number of nitrogens with two attached hydrogens (primary N) is 2. The zero-order valence-electron chi connectivity index (χ0n) is 53.8. The standard InChI is InChI=1S/C57H92N14O17S2/c1-16-32(10)47(37(86-15)21-40(58)72)67(12)54(81)44(29(4)5)65-51(78)46(31(8)9)69(14)71-42(74)23-39(53(71)80)90-26-36(55(82)83)62-48(75)35(63-57(85)87-24-33-17-19-34(20-18-33)61-27-88-66-56(59)84)25-89-38-22-41(73)70(52(38)79)68(13)45(30(6)7)50(77)64-43(28(2)3)49(76)60-11/h17-20,28-32,35-39,43-47,61H,16,21-27H2,1-15H3,(H2,58,72)(H,60,76)(H,62,75)(H,63,85)(H,64,77)(H,65,78)(H,82,83)(H3,59,66,84)/t32-,35?,36?,37+,38?,39?,43-,44-,45-,46-,47-/m0/s1. The largest absolute Gasteiger partial charge is 0.480 e. The lowest BCUT2D eigenvalue weighted by Gasteiger charge is -2.40. The van der Waals surface area contributed by atoms with Crippen molar-refractivity contribution in [3.05, 3.63) is 29.8 Å². The molecule has 2 aliphatic heterocycles. The van der Waals surface area contributed by atoms with Gasteiger partial charge in [-0.1, -0.05) is 87.8 Å². The molecule has 504 valence electrons. The number of nitrogens with zero attached hydrogens (tertiary/aromatic N) is 5. The summed E-state index contributed by atoms with van der Waals surface area (Å²) in [7, 11) is 7.12. The molecule has 0 saturated carbocycles. The van der Waals surface area contributed by atoms with Gasteiger partial charge < -0.3 is 62.8 Å². The highest BCUT2D eigenvalue weighted by Crippen LogP contribution is 2.31. The van der Waals surface area contributed by atoms with Gasteiger partial charge in [-0.05, 0) is 47.3 Å². The molecular weight excluding hydrogens is 1220 g/mol. The fourth-order valence-electron chi connectivity index (χ4n) is 10.3. The van der Waals surface area contributed by atoms with Gasteiger partial charge in [0.2, 0.25) is 47.3 Å². The second-order valence-corrected chi connectivity index (χ2v) is 25.8. The smallest absolute Gasteiger partial charge is 0.408 e. The number of carboxylic acids is 1. The molecule has 2 saturated heterocycles. The van der Waals surface area contributed by atoms with Gasteiger partial charge in [0.15, 0.2) is 0 Å². The SMILES string of the molecule is CC[C@H](C)[C@@H]([C@@H](CC(N)=O)OC)N(C)C(=O)[C@@H](NC(=O)[C@H](C(C)C)N(C)N1C(=O)CC(SCC(NC(=O)C(CSC2CC(=O)N(N(C)[C@H](C(=O)N[C@H](C(=O)NC)C(C)C)C(C)C)C2=O)NC(=O)OCc2ccc(NCONC(N)=O)cc2)C(=O)O)C1=O)C(C)C. The van der Waals surface area contributed by atoms with Crippen molar-refractivity contribution < 1.29 is 81.7 Å². The Labute approximate surface area is 533 Å². The highest BCUT2D eigenvalue weighted by atomic mass is 32.2. The van der Waals surface area contributed by atoms with Crippen LogP contribution < -0.4 is 48.8 Å². The number of alkyl carbamates (subject to hydrolysis) is 1. The summed E-state index contributed by atoms with van der Waals surface area (Å²) in [4.78, 5) is 181. The molecular formula is C57H92N14O17S2. The first kappa shape index (κ1) is 76.9. The number of benzene rings is 1. The lowest BCUT2D eigenvalue weighted by molar-refractivity contribution is -0.165. The van der Waals surface area contributed by atoms with Crippen LogP contribution in [-0.2, 0) is 73.7 Å². The molecule has 0 bridgehead atoms. The van der Waals surface area contributed by atoms with Gasteiger partial charge in [0.05, 0.1) is 29.1 Å². The van der Waals surface area contributed by atoms with E-state index in [9.17, 15) is 67.4 Å². The molecule has 1 aromatic rings. The van der Waals surface area contributed by atoms with Crippen molar-refractivity contribution in [2.45, 2.75) is 160 Å². The molecule has 0 spiro atoms. The van der Waals surface area contributed by atoms with Crippen molar-refractivity contribution in [3.63, 3.8) is 0 Å². The molecule has 0 radical (unpaired) electrons. The molecule has 4 unspecified atom stereocenters. The summed E-state index contributed by atoms with van der Waals surface area (Å²) in [6, 6.07) is -2.94. The van der Waals surface area contributed by atoms with Crippen molar-refractivity contribution in [2.24, 2.45) is 41.1 Å². The molecule has 3 rings (SSSR count). The fraction of sp³-hybridized carbons (Fsp3) is 0.667. The molecule has 2 heterocycles. The van der Waals surface area contributed by atoms with Crippen molar-refractivity contribution in [1.29, 1.82) is 0 Å². The number of likely N-dealkylation sites (N-methyl/N-ethyl adjacent to an activating group) is 4. The van der Waals surface area contributed by atoms with E-state index in [2.05, 4.69) is 31.9 Å². The number of hydrogen-bond acceptors (Lipinski definition) is 21. The maximum Gasteiger partial charge on any atom is 0.408 e. The number of nitrogens with one attached hydrogen (secondary N) is 7. The highest BCUT2D eigenvalue weighted by molar-refractivity contribution is 8.01. The van der Waals surface area contributed by atoms with Crippen molar-refractivity contribution >= 4 is 106 Å². The Balaban J connectivity index is 1.86. The number of hydrogen-bond donors (Lipinski definition) is 10. The summed E-state index contributed by atoms with van der Waals surface area (Å²) in [5.74, 6) is -11.5. The first-order chi connectivity index (χ1) is 42.1. The van der Waals surface area contributed by atoms with E-state index >= 15 is 0 Å². The summed E-state index contributed by atoms with van der Waals surface area (Å²) in [6.45, 7) is 17.0. The lowest BCUT2D eigenvalue weighted by Crippen LogP contribution is -2.62. The van der Waals surface area contributed by atoms with E-state index in [1.807, 2.05) is 19.3 Å². The molecule has 33 heteroatoms. The fourth-order valence-corrected chi connectivity index (χ4v) is 12.6. The van der Waals surface area contributed by atoms with E-state index in [-0.39, 0.29) is 31.6 Å². The number of anilines is 1. The predicted octanol–water partition coefficient (Wildman–Crippen LogP) is 0.0754. The Morgan fingerprint density at radius 2 is 1.17 bits per heavy atom. The number of ether oxygens (including phenoxy) is 2. The summed E-state index contributed by atoms with van der Waals surface area (Å²) in [5.41, 5.74) is 13.5. The Morgan fingerprint density at radius 3 is 1.59 bits per heavy atom. The zero-order valence-corrected chi connectivity index (χ0v) is 55.4. The van der Waals surface area contributed by atoms with Crippen LogP contribution in [0.4, 0.5) is 15.3 Å². The van der Waals surface area contributed by atoms with Gasteiger partial charge in [-0.3, -0.25) is 52.8 Å². The number of carboxylic acid groups (broad SMARTS) is 1. The number of carbonyl (C=O) groups excluding carboxylic acids is 12. The Hall–Kier alpha value is -7.33. The minimum absolute atomic E-state index is 0.145. The van der Waals surface area contributed by atoms with E-state index in [0.29, 0.717) is 17.7 Å². The van der Waals surface area contributed by atoms with Crippen molar-refractivity contribution in [1.82, 2.24) is 57.0 Å². The number of primary amides is 2. The second-order valence-electron chi connectivity index (χ2n) is 23.3. The number of aliphatic carboxylic acids is 1. The third-order valence-corrected chi connectivity index (χ3v) is 17.8. The summed E-state index contributed by atoms with van der Waals surface area (Å²) >= 11 is 1.52. The number of rotatable bonds is 37. The van der Waals surface area contributed by atoms with Crippen LogP contribution in [0.3, 0.4) is 0 Å². The predicted molar refractivity (Wildman–Crippen MR) is 332 cm³/mol. The molecule has 13 amide bonds. The second kappa shape index (κ2) is 35.9. The monoisotopic (exact) mass is 1310 g/mol. The van der Waals surface area contributed by atoms with Crippen LogP contribution in [0, 0.1) is 29.6 Å². The topological polar surface area (TPSA) is 422 Å². The average molecular weight is 1310 g/mol. The number of carbonyl (C=O) groups is 13. The summed E-state index contributed by atoms with van der Waals surface area (Å²) in [6.07, 6.45) is -2.31. The average Bonchev–Trinajstić information content (AvgIpc) is 1.64. The molecule has 2 aliphatic rings. The number of methoxy groups -OCH3 is 1. The number of hydroxylamine groups is 1. The minimum atomic E-state index is -1.77. The number of urea groups is 1. The number of hydrazine groups is 2. The maximum atomic E-state index is 14.3. The Morgan fingerprint density at radius 1 is 0.678 bits per heavy atom. The van der Waals surface area contributed by atoms with Gasteiger partial charge in [-0.25, -0.2) is 39.9 Å². The number of amides is 13. The van der Waals surface area contributed by atoms with Crippen molar-refractivity contribution in [3.8, 4) is 0 Å². The molecule has 0 aliphatic carbocycles. The number of thioether (sulfide) groups is 2. The molecule has 11 atom stereocenters. The van der Waals surface area contributed by atoms with E-state index in [1.165, 1.54) is 43.2 Å². The van der Waals surface area contributed by atoms with Gasteiger partial charge in [-0.15, -0.1) is 23.5 Å². The summed E-state index contributed by atoms with van der Waals surface area (Å²) < 4.78 is 11.1. The molecule has 90 heavy (non-hydrogen) atoms. The minimum Gasteiger partial charge on any atom is -0.480 e. The van der Waals surface area contributed by atoms with Crippen LogP contribution >= 0.6 is 23.5 Å². The summed E-state index contributed by atoms with van der Waals surface area (Å²) in [5, 5.41) is 27.7. The van der Waals surface area contributed by atoms with Crippen LogP contribution in [0.1, 0.15) is 100 Å². The molecule has 31 nitrogen and oxygen atoms in total. The van der Waals surface area contributed by atoms with Crippen LogP contribution in [0.25, 0.3) is 0 Å². The first-order valence-corrected chi connectivity index (χ1v) is 31.5. The van der Waals surface area contributed by atoms with E-state index < -0.39 is 178 Å². The van der Waals surface area contributed by atoms with Gasteiger partial charge in [0, 0.05) is 65.3 Å². The molecule has 2 fully saturated rings.